The van der Waals surface area contributed by atoms with E-state index >= 15 is 0 Å². The Bertz CT molecular complexity index is 519. The number of hydrogen-bond acceptors (Lipinski definition) is 0. The van der Waals surface area contributed by atoms with Crippen LogP contribution >= 0.6 is 0 Å². The van der Waals surface area contributed by atoms with Gasteiger partial charge in [-0.3, -0.25) is 0 Å². The van der Waals surface area contributed by atoms with E-state index in [1.54, 1.807) is 5.56 Å². The number of unbranched alkanes of at least 4 members (excludes halogenated alkanes) is 1. The molecule has 0 N–H and O–H groups in total. The van der Waals surface area contributed by atoms with Crippen LogP contribution in [0.5, 0.6) is 0 Å². The van der Waals surface area contributed by atoms with Gasteiger partial charge in [-0.1, -0.05) is 101 Å². The third-order valence-electron chi connectivity index (χ3n) is 4.59. The lowest BCUT2D eigenvalue weighted by molar-refractivity contribution is 0.444. The maximum absolute atomic E-state index is 2.33. The van der Waals surface area contributed by atoms with Gasteiger partial charge < -0.3 is 0 Å². The van der Waals surface area contributed by atoms with E-state index in [1.165, 1.54) is 56.1 Å². The second kappa shape index (κ2) is 9.46. The molecular formula is C22H30. The molecule has 3 rings (SSSR count). The number of rotatable bonds is 3. The fourth-order valence-electron chi connectivity index (χ4n) is 3.15. The Morgan fingerprint density at radius 3 is 1.95 bits per heavy atom. The maximum Gasteiger partial charge on any atom is -0.0149 e. The van der Waals surface area contributed by atoms with Crippen molar-refractivity contribution in [3.05, 3.63) is 60.2 Å². The second-order valence-corrected chi connectivity index (χ2v) is 6.29. The zero-order chi connectivity index (χ0) is 15.6. The van der Waals surface area contributed by atoms with Crippen molar-refractivity contribution in [3.8, 4) is 11.1 Å². The monoisotopic (exact) mass is 294 g/mol. The summed E-state index contributed by atoms with van der Waals surface area (Å²) in [6, 6.07) is 19.8. The van der Waals surface area contributed by atoms with Gasteiger partial charge in [0.05, 0.1) is 0 Å². The lowest BCUT2D eigenvalue weighted by Gasteiger charge is -2.24. The van der Waals surface area contributed by atoms with Crippen molar-refractivity contribution in [3.63, 3.8) is 0 Å². The summed E-state index contributed by atoms with van der Waals surface area (Å²) in [6.45, 7) is 4.36. The van der Waals surface area contributed by atoms with E-state index in [-0.39, 0.29) is 0 Å². The molecule has 0 radical (unpaired) electrons. The molecule has 118 valence electrons. The molecule has 0 atom stereocenters. The van der Waals surface area contributed by atoms with Crippen LogP contribution in [0.15, 0.2) is 54.6 Å². The Balaban J connectivity index is 0.000000396. The Labute approximate surface area is 136 Å². The molecular weight excluding hydrogens is 264 g/mol. The Kier molecular flexibility index (Phi) is 7.22. The third kappa shape index (κ3) is 4.73. The van der Waals surface area contributed by atoms with Crippen LogP contribution in [0.4, 0.5) is 0 Å². The van der Waals surface area contributed by atoms with Gasteiger partial charge in [0, 0.05) is 0 Å². The van der Waals surface area contributed by atoms with E-state index in [2.05, 4.69) is 68.4 Å². The lowest BCUT2D eigenvalue weighted by Crippen LogP contribution is -2.05. The molecule has 1 fully saturated rings. The highest BCUT2D eigenvalue weighted by molar-refractivity contribution is 5.68. The molecule has 1 aliphatic carbocycles. The lowest BCUT2D eigenvalue weighted by atomic mass is 9.81. The zero-order valence-corrected chi connectivity index (χ0v) is 14.2. The minimum atomic E-state index is 0.773. The fourth-order valence-corrected chi connectivity index (χ4v) is 3.15. The average Bonchev–Trinajstić information content (AvgIpc) is 2.63. The summed E-state index contributed by atoms with van der Waals surface area (Å²) in [5.74, 6) is 0.773. The minimum Gasteiger partial charge on any atom is -0.0654 e. The van der Waals surface area contributed by atoms with Gasteiger partial charge >= 0.3 is 0 Å². The standard InChI is InChI=1S/C18H20.C4H10/c1-3-9-15(10-4-1)17-13-7-8-14-18(17)16-11-5-2-6-12-16;1-3-4-2/h1,3-4,7-10,13-14,16H,2,5-6,11-12H2;3-4H2,1-2H3. The molecule has 0 amide bonds. The fraction of sp³-hybridized carbons (Fsp3) is 0.455. The van der Waals surface area contributed by atoms with Crippen molar-refractivity contribution >= 4 is 0 Å². The van der Waals surface area contributed by atoms with Gasteiger partial charge in [0.2, 0.25) is 0 Å². The van der Waals surface area contributed by atoms with E-state index in [4.69, 9.17) is 0 Å². The first kappa shape index (κ1) is 16.8. The molecule has 0 heteroatoms. The van der Waals surface area contributed by atoms with Gasteiger partial charge in [-0.25, -0.2) is 0 Å². The first-order valence-corrected chi connectivity index (χ1v) is 9.01. The molecule has 0 unspecified atom stereocenters. The summed E-state index contributed by atoms with van der Waals surface area (Å²) in [5.41, 5.74) is 4.35. The van der Waals surface area contributed by atoms with Gasteiger partial charge in [0.1, 0.15) is 0 Å². The number of benzene rings is 2. The van der Waals surface area contributed by atoms with Crippen LogP contribution in [0, 0.1) is 0 Å². The predicted octanol–water partition coefficient (Wildman–Crippen LogP) is 7.21. The smallest absolute Gasteiger partial charge is 0.0149 e. The van der Waals surface area contributed by atoms with Crippen molar-refractivity contribution in [2.75, 3.05) is 0 Å². The summed E-state index contributed by atoms with van der Waals surface area (Å²) >= 11 is 0. The first-order valence-electron chi connectivity index (χ1n) is 9.01. The first-order chi connectivity index (χ1) is 10.9. The van der Waals surface area contributed by atoms with Crippen LogP contribution in [-0.4, -0.2) is 0 Å². The highest BCUT2D eigenvalue weighted by Gasteiger charge is 2.18. The Morgan fingerprint density at radius 2 is 1.32 bits per heavy atom. The molecule has 0 spiro atoms. The van der Waals surface area contributed by atoms with Crippen molar-refractivity contribution in [1.29, 1.82) is 0 Å². The summed E-state index contributed by atoms with van der Waals surface area (Å²) in [5, 5.41) is 0. The molecule has 0 saturated heterocycles. The van der Waals surface area contributed by atoms with E-state index in [9.17, 15) is 0 Å². The van der Waals surface area contributed by atoms with Gasteiger partial charge in [0.15, 0.2) is 0 Å². The number of hydrogen-bond donors (Lipinski definition) is 0. The largest absolute Gasteiger partial charge is 0.0654 e. The minimum absolute atomic E-state index is 0.773. The second-order valence-electron chi connectivity index (χ2n) is 6.29. The summed E-state index contributed by atoms with van der Waals surface area (Å²) in [4.78, 5) is 0. The van der Waals surface area contributed by atoms with E-state index in [1.807, 2.05) is 0 Å². The Morgan fingerprint density at radius 1 is 0.727 bits per heavy atom. The van der Waals surface area contributed by atoms with Gasteiger partial charge in [-0.2, -0.15) is 0 Å². The van der Waals surface area contributed by atoms with E-state index < -0.39 is 0 Å². The van der Waals surface area contributed by atoms with Crippen LogP contribution in [0.3, 0.4) is 0 Å². The van der Waals surface area contributed by atoms with Crippen LogP contribution in [0.2, 0.25) is 0 Å². The quantitative estimate of drug-likeness (QED) is 0.561. The van der Waals surface area contributed by atoms with Crippen molar-refractivity contribution in [2.24, 2.45) is 0 Å². The molecule has 2 aromatic carbocycles. The van der Waals surface area contributed by atoms with E-state index in [0.29, 0.717) is 0 Å². The molecule has 22 heavy (non-hydrogen) atoms. The molecule has 2 aromatic rings. The van der Waals surface area contributed by atoms with Crippen LogP contribution in [0.25, 0.3) is 11.1 Å². The predicted molar refractivity (Wildman–Crippen MR) is 98.3 cm³/mol. The van der Waals surface area contributed by atoms with E-state index in [0.717, 1.165) is 5.92 Å². The van der Waals surface area contributed by atoms with Crippen LogP contribution in [-0.2, 0) is 0 Å². The van der Waals surface area contributed by atoms with Crippen LogP contribution in [0.1, 0.15) is 70.3 Å². The molecule has 0 aliphatic heterocycles. The van der Waals surface area contributed by atoms with Crippen molar-refractivity contribution < 1.29 is 0 Å². The van der Waals surface area contributed by atoms with Gasteiger partial charge in [-0.15, -0.1) is 0 Å². The van der Waals surface area contributed by atoms with Crippen LogP contribution < -0.4 is 0 Å². The summed E-state index contributed by atoms with van der Waals surface area (Å²) in [6.07, 6.45) is 9.58. The van der Waals surface area contributed by atoms with Crippen molar-refractivity contribution in [1.82, 2.24) is 0 Å². The van der Waals surface area contributed by atoms with Gasteiger partial charge in [0.25, 0.3) is 0 Å². The average molecular weight is 294 g/mol. The van der Waals surface area contributed by atoms with Crippen molar-refractivity contribution in [2.45, 2.75) is 64.7 Å². The molecule has 0 aromatic heterocycles. The Hall–Kier alpha value is -1.56. The topological polar surface area (TPSA) is 0 Å². The SMILES string of the molecule is CCCC.c1ccc(-c2ccccc2C2CCCCC2)cc1. The molecule has 0 bridgehead atoms. The highest BCUT2D eigenvalue weighted by Crippen LogP contribution is 2.37. The maximum atomic E-state index is 2.33. The summed E-state index contributed by atoms with van der Waals surface area (Å²) in [7, 11) is 0. The molecule has 0 nitrogen and oxygen atoms in total. The zero-order valence-electron chi connectivity index (χ0n) is 14.2. The molecule has 1 aliphatic rings. The highest BCUT2D eigenvalue weighted by atomic mass is 14.2. The third-order valence-corrected chi connectivity index (χ3v) is 4.59. The van der Waals surface area contributed by atoms with Gasteiger partial charge in [-0.05, 0) is 35.4 Å². The normalized spacial score (nSPS) is 15.0. The molecule has 0 heterocycles. The molecule has 1 saturated carbocycles. The summed E-state index contributed by atoms with van der Waals surface area (Å²) < 4.78 is 0.